The van der Waals surface area contributed by atoms with Crippen molar-refractivity contribution in [2.45, 2.75) is 19.4 Å². The standard InChI is InChI=1S/C25H29N5O/c1-28-17-22(21-10-6-7-11-23(21)28)24-26-27-25(29-14-12-20(16-29)18-31-2)30(24)15-13-19-8-4-3-5-9-19/h3-11,17,20H,12-16,18H2,1-2H3. The minimum atomic E-state index is 0.547. The first kappa shape index (κ1) is 19.8. The molecular formula is C25H29N5O. The largest absolute Gasteiger partial charge is 0.384 e. The monoisotopic (exact) mass is 415 g/mol. The van der Waals surface area contributed by atoms with E-state index in [0.29, 0.717) is 5.92 Å². The van der Waals surface area contributed by atoms with Crippen molar-refractivity contribution in [2.75, 3.05) is 31.7 Å². The highest BCUT2D eigenvalue weighted by molar-refractivity contribution is 5.94. The lowest BCUT2D eigenvalue weighted by Gasteiger charge is -2.19. The maximum absolute atomic E-state index is 5.40. The number of aromatic nitrogens is 4. The lowest BCUT2D eigenvalue weighted by atomic mass is 10.1. The van der Waals surface area contributed by atoms with E-state index in [4.69, 9.17) is 9.84 Å². The van der Waals surface area contributed by atoms with Gasteiger partial charge in [-0.25, -0.2) is 0 Å². The zero-order chi connectivity index (χ0) is 21.2. The lowest BCUT2D eigenvalue weighted by Crippen LogP contribution is -2.25. The van der Waals surface area contributed by atoms with Crippen LogP contribution in [0.25, 0.3) is 22.3 Å². The van der Waals surface area contributed by atoms with Crippen molar-refractivity contribution in [2.24, 2.45) is 13.0 Å². The fraction of sp³-hybridized carbons (Fsp3) is 0.360. The van der Waals surface area contributed by atoms with Crippen molar-refractivity contribution >= 4 is 16.9 Å². The first-order valence-corrected chi connectivity index (χ1v) is 11.0. The van der Waals surface area contributed by atoms with Gasteiger partial charge in [0.1, 0.15) is 0 Å². The first-order chi connectivity index (χ1) is 15.2. The molecule has 1 atom stereocenters. The molecule has 0 N–H and O–H groups in total. The predicted molar refractivity (Wildman–Crippen MR) is 124 cm³/mol. The van der Waals surface area contributed by atoms with Gasteiger partial charge in [0.15, 0.2) is 5.82 Å². The number of hydrogen-bond acceptors (Lipinski definition) is 4. The zero-order valence-corrected chi connectivity index (χ0v) is 18.2. The Labute approximate surface area is 183 Å². The molecule has 6 heteroatoms. The Kier molecular flexibility index (Phi) is 5.47. The Morgan fingerprint density at radius 2 is 1.84 bits per heavy atom. The van der Waals surface area contributed by atoms with E-state index in [-0.39, 0.29) is 0 Å². The highest BCUT2D eigenvalue weighted by Gasteiger charge is 2.28. The third-order valence-corrected chi connectivity index (χ3v) is 6.31. The van der Waals surface area contributed by atoms with Crippen LogP contribution in [0, 0.1) is 5.92 Å². The molecule has 2 aromatic carbocycles. The Morgan fingerprint density at radius 3 is 2.68 bits per heavy atom. The van der Waals surface area contributed by atoms with E-state index >= 15 is 0 Å². The van der Waals surface area contributed by atoms with E-state index in [0.717, 1.165) is 56.4 Å². The molecule has 1 saturated heterocycles. The van der Waals surface area contributed by atoms with Crippen molar-refractivity contribution in [3.63, 3.8) is 0 Å². The summed E-state index contributed by atoms with van der Waals surface area (Å²) in [7, 11) is 3.87. The molecule has 0 aliphatic carbocycles. The number of benzene rings is 2. The van der Waals surface area contributed by atoms with Gasteiger partial charge in [0.25, 0.3) is 0 Å². The van der Waals surface area contributed by atoms with E-state index in [1.807, 2.05) is 0 Å². The number of methoxy groups -OCH3 is 1. The summed E-state index contributed by atoms with van der Waals surface area (Å²) in [5.41, 5.74) is 3.67. The highest BCUT2D eigenvalue weighted by Crippen LogP contribution is 2.32. The molecular weight excluding hydrogens is 386 g/mol. The molecule has 1 fully saturated rings. The molecule has 0 amide bonds. The summed E-state index contributed by atoms with van der Waals surface area (Å²) < 4.78 is 9.88. The average Bonchev–Trinajstić information content (AvgIpc) is 3.51. The fourth-order valence-electron chi connectivity index (χ4n) is 4.73. The van der Waals surface area contributed by atoms with Gasteiger partial charge >= 0.3 is 0 Å². The summed E-state index contributed by atoms with van der Waals surface area (Å²) in [5.74, 6) is 2.46. The van der Waals surface area contributed by atoms with Gasteiger partial charge in [-0.2, -0.15) is 0 Å². The molecule has 6 nitrogen and oxygen atoms in total. The van der Waals surface area contributed by atoms with Crippen LogP contribution in [0.1, 0.15) is 12.0 Å². The van der Waals surface area contributed by atoms with Gasteiger partial charge in [0, 0.05) is 62.4 Å². The maximum atomic E-state index is 5.40. The van der Waals surface area contributed by atoms with E-state index in [9.17, 15) is 0 Å². The van der Waals surface area contributed by atoms with Gasteiger partial charge in [-0.3, -0.25) is 4.57 Å². The fourth-order valence-corrected chi connectivity index (χ4v) is 4.73. The number of ether oxygens (including phenoxy) is 1. The van der Waals surface area contributed by atoms with Crippen LogP contribution in [0.2, 0.25) is 0 Å². The molecule has 160 valence electrons. The van der Waals surface area contributed by atoms with Crippen molar-refractivity contribution in [3.8, 4) is 11.4 Å². The number of nitrogens with zero attached hydrogens (tertiary/aromatic N) is 5. The summed E-state index contributed by atoms with van der Waals surface area (Å²) in [6, 6.07) is 19.1. The Hall–Kier alpha value is -3.12. The molecule has 0 bridgehead atoms. The van der Waals surface area contributed by atoms with Gasteiger partial charge in [-0.15, -0.1) is 10.2 Å². The number of aryl methyl sites for hydroxylation is 2. The van der Waals surface area contributed by atoms with E-state index < -0.39 is 0 Å². The molecule has 4 aromatic rings. The first-order valence-electron chi connectivity index (χ1n) is 11.0. The summed E-state index contributed by atoms with van der Waals surface area (Å²) >= 11 is 0. The normalized spacial score (nSPS) is 16.5. The van der Waals surface area contributed by atoms with Crippen molar-refractivity contribution in [3.05, 3.63) is 66.4 Å². The molecule has 0 saturated carbocycles. The summed E-state index contributed by atoms with van der Waals surface area (Å²) in [6.45, 7) is 3.60. The van der Waals surface area contributed by atoms with Crippen LogP contribution < -0.4 is 4.90 Å². The topological polar surface area (TPSA) is 48.1 Å². The quantitative estimate of drug-likeness (QED) is 0.455. The van der Waals surface area contributed by atoms with Crippen LogP contribution in [0.15, 0.2) is 60.8 Å². The molecule has 1 aliphatic heterocycles. The maximum Gasteiger partial charge on any atom is 0.227 e. The second-order valence-corrected chi connectivity index (χ2v) is 8.44. The highest BCUT2D eigenvalue weighted by atomic mass is 16.5. The second-order valence-electron chi connectivity index (χ2n) is 8.44. The molecule has 31 heavy (non-hydrogen) atoms. The minimum absolute atomic E-state index is 0.547. The molecule has 0 spiro atoms. The predicted octanol–water partition coefficient (Wildman–Crippen LogP) is 4.15. The van der Waals surface area contributed by atoms with Crippen molar-refractivity contribution < 1.29 is 4.74 Å². The van der Waals surface area contributed by atoms with Crippen LogP contribution in [-0.4, -0.2) is 46.1 Å². The third-order valence-electron chi connectivity index (χ3n) is 6.31. The summed E-state index contributed by atoms with van der Waals surface area (Å²) in [5, 5.41) is 10.6. The minimum Gasteiger partial charge on any atom is -0.384 e. The van der Waals surface area contributed by atoms with Gasteiger partial charge in [0.05, 0.1) is 6.61 Å². The van der Waals surface area contributed by atoms with Crippen LogP contribution in [0.3, 0.4) is 0 Å². The average molecular weight is 416 g/mol. The van der Waals surface area contributed by atoms with Crippen LogP contribution in [0.4, 0.5) is 5.95 Å². The molecule has 3 heterocycles. The van der Waals surface area contributed by atoms with Crippen LogP contribution in [-0.2, 0) is 24.8 Å². The third kappa shape index (κ3) is 3.83. The molecule has 0 radical (unpaired) electrons. The molecule has 5 rings (SSSR count). The van der Waals surface area contributed by atoms with Gasteiger partial charge in [-0.05, 0) is 24.5 Å². The zero-order valence-electron chi connectivity index (χ0n) is 18.2. The van der Waals surface area contributed by atoms with Crippen LogP contribution >= 0.6 is 0 Å². The number of fused-ring (bicyclic) bond motifs is 1. The van der Waals surface area contributed by atoms with Crippen LogP contribution in [0.5, 0.6) is 0 Å². The second kappa shape index (κ2) is 8.55. The van der Waals surface area contributed by atoms with E-state index in [1.165, 1.54) is 16.5 Å². The van der Waals surface area contributed by atoms with Crippen molar-refractivity contribution in [1.29, 1.82) is 0 Å². The molecule has 2 aromatic heterocycles. The molecule has 1 unspecified atom stereocenters. The SMILES string of the molecule is COCC1CCN(c2nnc(-c3cn(C)c4ccccc34)n2CCc2ccccc2)C1. The van der Waals surface area contributed by atoms with Gasteiger partial charge < -0.3 is 14.2 Å². The summed E-state index contributed by atoms with van der Waals surface area (Å²) in [4.78, 5) is 2.37. The Bertz CT molecular complexity index is 1160. The Balaban J connectivity index is 1.54. The molecule has 1 aliphatic rings. The lowest BCUT2D eigenvalue weighted by molar-refractivity contribution is 0.160. The van der Waals surface area contributed by atoms with E-state index in [2.05, 4.69) is 87.0 Å². The number of hydrogen-bond donors (Lipinski definition) is 0. The summed E-state index contributed by atoms with van der Waals surface area (Å²) in [6.07, 6.45) is 4.25. The number of rotatable bonds is 7. The Morgan fingerprint density at radius 1 is 1.03 bits per heavy atom. The van der Waals surface area contributed by atoms with Gasteiger partial charge in [0.2, 0.25) is 5.95 Å². The van der Waals surface area contributed by atoms with Crippen molar-refractivity contribution in [1.82, 2.24) is 19.3 Å². The van der Waals surface area contributed by atoms with E-state index in [1.54, 1.807) is 7.11 Å². The number of anilines is 1. The van der Waals surface area contributed by atoms with Gasteiger partial charge in [-0.1, -0.05) is 48.5 Å². The number of para-hydroxylation sites is 1. The smallest absolute Gasteiger partial charge is 0.227 e.